The van der Waals surface area contributed by atoms with Crippen LogP contribution in [0.4, 0.5) is 51.7 Å². The van der Waals surface area contributed by atoms with E-state index in [0.717, 1.165) is 124 Å². The minimum Gasteiger partial charge on any atom is -0.457 e. The van der Waals surface area contributed by atoms with Crippen LogP contribution in [0.2, 0.25) is 0 Å². The number of benzene rings is 14. The smallest absolute Gasteiger partial charge is 0.160 e. The highest BCUT2D eigenvalue weighted by Crippen LogP contribution is 2.60. The Labute approximate surface area is 579 Å². The summed E-state index contributed by atoms with van der Waals surface area (Å²) in [7, 11) is 0. The van der Waals surface area contributed by atoms with Gasteiger partial charge in [-0.1, -0.05) is 218 Å². The molecule has 0 amide bonds. The van der Waals surface area contributed by atoms with Gasteiger partial charge in [0.15, 0.2) is 23.3 Å². The van der Waals surface area contributed by atoms with Gasteiger partial charge in [-0.05, 0) is 224 Å². The predicted octanol–water partition coefficient (Wildman–Crippen LogP) is 25.1. The molecule has 0 saturated carbocycles. The molecule has 2 aliphatic carbocycles. The molecule has 0 saturated heterocycles. The zero-order valence-corrected chi connectivity index (χ0v) is 54.8. The molecule has 0 aliphatic heterocycles. The highest BCUT2D eigenvalue weighted by Gasteiger charge is 2.48. The fourth-order valence-electron chi connectivity index (χ4n) is 14.9. The molecule has 8 heteroatoms. The molecule has 16 rings (SSSR count). The van der Waals surface area contributed by atoms with Crippen molar-refractivity contribution in [3.05, 3.63) is 419 Å². The molecule has 2 aliphatic rings. The van der Waals surface area contributed by atoms with Gasteiger partial charge in [0.25, 0.3) is 0 Å². The van der Waals surface area contributed by atoms with E-state index in [-0.39, 0.29) is 0 Å². The minimum atomic E-state index is -0.975. The predicted molar refractivity (Wildman–Crippen MR) is 398 cm³/mol. The molecule has 14 aromatic carbocycles. The van der Waals surface area contributed by atoms with Gasteiger partial charge in [0, 0.05) is 46.3 Å². The first-order chi connectivity index (χ1) is 48.9. The van der Waals surface area contributed by atoms with Gasteiger partial charge in [0.2, 0.25) is 0 Å². The van der Waals surface area contributed by atoms with Crippen molar-refractivity contribution in [1.29, 1.82) is 0 Å². The van der Waals surface area contributed by atoms with Crippen LogP contribution in [0.3, 0.4) is 0 Å². The van der Waals surface area contributed by atoms with Crippen LogP contribution in [0.5, 0.6) is 23.0 Å². The third kappa shape index (κ3) is 10.8. The fourth-order valence-corrected chi connectivity index (χ4v) is 14.9. The normalized spacial score (nSPS) is 14.7. The summed E-state index contributed by atoms with van der Waals surface area (Å²) >= 11 is 0. The number of nitrogens with zero attached hydrogens (tertiary/aromatic N) is 2. The summed E-state index contributed by atoms with van der Waals surface area (Å²) in [6.07, 6.45) is 3.60. The van der Waals surface area contributed by atoms with E-state index in [9.17, 15) is 0 Å². The first kappa shape index (κ1) is 62.3. The maximum atomic E-state index is 15.7. The largest absolute Gasteiger partial charge is 0.457 e. The summed E-state index contributed by atoms with van der Waals surface area (Å²) in [6.45, 7) is 12.0. The highest BCUT2D eigenvalue weighted by molar-refractivity contribution is 5.92. The van der Waals surface area contributed by atoms with Crippen molar-refractivity contribution in [3.8, 4) is 56.4 Å². The number of hydrogen-bond acceptors (Lipinski definition) is 4. The van der Waals surface area contributed by atoms with Crippen LogP contribution in [0.25, 0.3) is 45.5 Å². The number of aryl methyl sites for hydroxylation is 2. The summed E-state index contributed by atoms with van der Waals surface area (Å²) in [5.41, 5.74) is 20.8. The molecule has 0 fully saturated rings. The van der Waals surface area contributed by atoms with E-state index >= 15 is 17.6 Å². The van der Waals surface area contributed by atoms with Crippen molar-refractivity contribution in [2.75, 3.05) is 9.80 Å². The lowest BCUT2D eigenvalue weighted by Gasteiger charge is -2.35. The van der Waals surface area contributed by atoms with E-state index in [1.807, 2.05) is 143 Å². The Bertz CT molecular complexity index is 5100. The monoisotopic (exact) mass is 1300 g/mol. The zero-order chi connectivity index (χ0) is 68.2. The quantitative estimate of drug-likeness (QED) is 0.0849. The van der Waals surface area contributed by atoms with Crippen LogP contribution in [0.15, 0.2) is 329 Å². The molecular weight excluding hydrogens is 1240 g/mol. The second-order valence-corrected chi connectivity index (χ2v) is 25.5. The molecule has 0 heterocycles. The average molecular weight is 1310 g/mol. The molecule has 482 valence electrons. The Hall–Kier alpha value is -12.5. The third-order valence-corrected chi connectivity index (χ3v) is 19.7. The summed E-state index contributed by atoms with van der Waals surface area (Å²) in [4.78, 5) is 3.92. The van der Waals surface area contributed by atoms with Crippen molar-refractivity contribution >= 4 is 46.3 Å². The van der Waals surface area contributed by atoms with E-state index in [0.29, 0.717) is 45.7 Å². The van der Waals surface area contributed by atoms with Crippen LogP contribution in [-0.2, 0) is 10.8 Å². The maximum Gasteiger partial charge on any atom is 0.160 e. The van der Waals surface area contributed by atoms with Crippen LogP contribution in [-0.4, -0.2) is 0 Å². The topological polar surface area (TPSA) is 24.9 Å². The van der Waals surface area contributed by atoms with Gasteiger partial charge >= 0.3 is 0 Å². The van der Waals surface area contributed by atoms with E-state index in [1.54, 1.807) is 24.3 Å². The first-order valence-corrected chi connectivity index (χ1v) is 33.2. The zero-order valence-electron chi connectivity index (χ0n) is 54.8. The molecule has 0 spiro atoms. The molecule has 2 unspecified atom stereocenters. The Morgan fingerprint density at radius 2 is 0.570 bits per heavy atom. The minimum absolute atomic E-state index is 0.424. The van der Waals surface area contributed by atoms with Gasteiger partial charge in [-0.2, -0.15) is 0 Å². The van der Waals surface area contributed by atoms with Crippen molar-refractivity contribution in [2.45, 2.75) is 24.7 Å². The third-order valence-electron chi connectivity index (χ3n) is 19.7. The maximum absolute atomic E-state index is 15.7. The fraction of sp³-hybridized carbons (Fsp3) is 0.0435. The molecule has 0 bridgehead atoms. The van der Waals surface area contributed by atoms with Crippen molar-refractivity contribution in [1.82, 2.24) is 0 Å². The highest BCUT2D eigenvalue weighted by atomic mass is 19.2. The van der Waals surface area contributed by atoms with E-state index in [2.05, 4.69) is 173 Å². The number of anilines is 6. The SMILES string of the molecule is C=Cc1ccc(Oc2ccc(C3(c4ccc(C)cc4)c4ccccc4-c4ccc(N(c5ccc(-c6ccc(N(c7ccc(F)c(F)c7)c7ccc8c(c7)C(c7ccc(C)cc7)(c7ccc(Oc9ccc(C=C)cc9)cc7)c7ccccc7-8)cc6)cc5)c5ccc(F)c(F)c5)cc43)cc2)cc1. The van der Waals surface area contributed by atoms with Crippen molar-refractivity contribution < 1.29 is 27.0 Å². The van der Waals surface area contributed by atoms with Gasteiger partial charge in [0.05, 0.1) is 10.8 Å². The second kappa shape index (κ2) is 25.5. The number of fused-ring (bicyclic) bond motifs is 6. The Balaban J connectivity index is 0.774. The molecule has 0 radical (unpaired) electrons. The first-order valence-electron chi connectivity index (χ1n) is 33.2. The summed E-state index contributed by atoms with van der Waals surface area (Å²) in [5, 5.41) is 0. The second-order valence-electron chi connectivity index (χ2n) is 25.5. The van der Waals surface area contributed by atoms with E-state index in [4.69, 9.17) is 9.47 Å². The van der Waals surface area contributed by atoms with Crippen LogP contribution < -0.4 is 19.3 Å². The van der Waals surface area contributed by atoms with Gasteiger partial charge in [-0.15, -0.1) is 0 Å². The lowest BCUT2D eigenvalue weighted by Crippen LogP contribution is -2.28. The van der Waals surface area contributed by atoms with Crippen LogP contribution in [0.1, 0.15) is 66.8 Å². The summed E-state index contributed by atoms with van der Waals surface area (Å²) in [5.74, 6) is -1.07. The summed E-state index contributed by atoms with van der Waals surface area (Å²) in [6, 6.07) is 103. The Morgan fingerprint density at radius 3 is 0.910 bits per heavy atom. The number of halogens is 4. The van der Waals surface area contributed by atoms with Gasteiger partial charge < -0.3 is 19.3 Å². The molecule has 0 aromatic heterocycles. The van der Waals surface area contributed by atoms with Gasteiger partial charge in [-0.25, -0.2) is 17.6 Å². The lowest BCUT2D eigenvalue weighted by molar-refractivity contribution is 0.482. The Kier molecular flexibility index (Phi) is 15.9. The number of hydrogen-bond donors (Lipinski definition) is 0. The van der Waals surface area contributed by atoms with Crippen LogP contribution in [0, 0.1) is 37.1 Å². The molecule has 2 atom stereocenters. The molecule has 100 heavy (non-hydrogen) atoms. The average Bonchev–Trinajstić information content (AvgIpc) is 1.53. The summed E-state index contributed by atoms with van der Waals surface area (Å²) < 4.78 is 74.3. The number of rotatable bonds is 17. The molecule has 14 aromatic rings. The van der Waals surface area contributed by atoms with E-state index < -0.39 is 34.1 Å². The molecular formula is C92H64F4N2O2. The van der Waals surface area contributed by atoms with Gasteiger partial charge in [0.1, 0.15) is 23.0 Å². The lowest BCUT2D eigenvalue weighted by atomic mass is 9.67. The van der Waals surface area contributed by atoms with Gasteiger partial charge in [-0.3, -0.25) is 0 Å². The number of ether oxygens (including phenoxy) is 2. The molecule has 4 nitrogen and oxygen atoms in total. The van der Waals surface area contributed by atoms with Crippen LogP contribution >= 0.6 is 0 Å². The standard InChI is InChI=1S/C92H64F4N2O2/c1-5-61-19-43-75(44-20-61)99-77-47-31-67(32-48-77)91(65-27-15-59(3)16-28-65)83-13-9-7-11-79(83)81-51-39-71(55-85(81)91)97(73-41-53-87(93)89(95)57-73)69-35-23-63(24-36-69)64-25-37-70(38-26-64)98(74-42-54-88(94)90(96)58-74)72-40-52-82-80-12-8-10-14-84(80)92(86(82)56-72,66-29-17-60(4)18-30-66)68-33-49-78(50-34-68)100-76-45-21-62(6-2)22-46-76/h5-58H,1-2H2,3-4H3. The van der Waals surface area contributed by atoms with Crippen molar-refractivity contribution in [3.63, 3.8) is 0 Å². The van der Waals surface area contributed by atoms with Crippen molar-refractivity contribution in [2.24, 2.45) is 0 Å². The Morgan fingerprint density at radius 1 is 0.280 bits per heavy atom. The molecule has 0 N–H and O–H groups in total. The van der Waals surface area contributed by atoms with E-state index in [1.165, 1.54) is 12.1 Å².